The summed E-state index contributed by atoms with van der Waals surface area (Å²) in [6, 6.07) is 51.2. The Balaban J connectivity index is 1.13. The van der Waals surface area contributed by atoms with E-state index in [1.165, 1.54) is 81.2 Å². The van der Waals surface area contributed by atoms with Gasteiger partial charge in [-0.1, -0.05) is 123 Å². The molecular formula is C47H29N3S. The summed E-state index contributed by atoms with van der Waals surface area (Å²) in [5, 5.41) is 10.1. The van der Waals surface area contributed by atoms with E-state index in [0.717, 1.165) is 32.9 Å². The van der Waals surface area contributed by atoms with Crippen LogP contribution in [-0.4, -0.2) is 14.4 Å². The van der Waals surface area contributed by atoms with Gasteiger partial charge in [-0.2, -0.15) is 0 Å². The minimum absolute atomic E-state index is 0.136. The van der Waals surface area contributed by atoms with Crippen molar-refractivity contribution in [2.24, 2.45) is 0 Å². The summed E-state index contributed by atoms with van der Waals surface area (Å²) in [5.41, 5.74) is 12.2. The van der Waals surface area contributed by atoms with Crippen LogP contribution in [0.25, 0.3) is 103 Å². The molecule has 4 heterocycles. The molecule has 0 atom stereocenters. The van der Waals surface area contributed by atoms with E-state index in [1.807, 2.05) is 0 Å². The van der Waals surface area contributed by atoms with Crippen molar-refractivity contribution in [1.82, 2.24) is 14.4 Å². The molecule has 0 unspecified atom stereocenters. The summed E-state index contributed by atoms with van der Waals surface area (Å²) in [7, 11) is 0. The maximum atomic E-state index is 5.35. The lowest BCUT2D eigenvalue weighted by Gasteiger charge is -2.21. The Morgan fingerprint density at radius 3 is 2.18 bits per heavy atom. The van der Waals surface area contributed by atoms with E-state index in [9.17, 15) is 0 Å². The molecule has 0 saturated heterocycles. The minimum atomic E-state index is -0.136. The van der Waals surface area contributed by atoms with Crippen LogP contribution >= 0.6 is 11.3 Å². The van der Waals surface area contributed by atoms with Crippen molar-refractivity contribution >= 4 is 80.5 Å². The maximum absolute atomic E-state index is 5.35. The van der Waals surface area contributed by atoms with Gasteiger partial charge in [-0.05, 0) is 63.4 Å². The fraction of sp³-hybridized carbons (Fsp3) is 0.0638. The predicted octanol–water partition coefficient (Wildman–Crippen LogP) is 12.8. The average Bonchev–Trinajstić information content (AvgIpc) is 3.88. The van der Waals surface area contributed by atoms with Gasteiger partial charge in [0.2, 0.25) is 0 Å². The third-order valence-corrected chi connectivity index (χ3v) is 12.6. The van der Waals surface area contributed by atoms with E-state index in [4.69, 9.17) is 9.97 Å². The molecule has 0 N–H and O–H groups in total. The highest BCUT2D eigenvalue weighted by Gasteiger charge is 2.37. The highest BCUT2D eigenvalue weighted by atomic mass is 32.1. The SMILES string of the molecule is CC1(C)c2ccc(-c3nc(-c4ccccc4)c4c(n3)sc3ccccc34)cc2-c2c1ccc1cc3c(cc21)c1cccc2c4ccccc4n3c21. The fourth-order valence-corrected chi connectivity index (χ4v) is 10.3. The van der Waals surface area contributed by atoms with Gasteiger partial charge in [0.25, 0.3) is 0 Å². The number of nitrogens with zero attached hydrogens (tertiary/aromatic N) is 3. The first-order valence-corrected chi connectivity index (χ1v) is 18.4. The molecule has 4 aromatic heterocycles. The van der Waals surface area contributed by atoms with Crippen molar-refractivity contribution in [2.75, 3.05) is 0 Å². The first kappa shape index (κ1) is 27.7. The van der Waals surface area contributed by atoms with Crippen LogP contribution in [0.5, 0.6) is 0 Å². The van der Waals surface area contributed by atoms with Crippen molar-refractivity contribution in [3.8, 4) is 33.8 Å². The van der Waals surface area contributed by atoms with E-state index in [2.05, 4.69) is 158 Å². The standard InChI is InChI=1S/C47H29N3S/c1-47(2)36-21-20-28(45-48-43(26-11-4-3-5-12-26)42-32-14-7-9-18-40(32)51-46(42)49-45)23-35(36)41-33-25-34-31-16-10-15-30-29-13-6-8-17-38(29)50(44(30)31)39(34)24-27(33)19-22-37(41)47/h3-25H,1-2H3. The predicted molar refractivity (Wildman–Crippen MR) is 216 cm³/mol. The molecule has 238 valence electrons. The van der Waals surface area contributed by atoms with Gasteiger partial charge in [-0.3, -0.25) is 0 Å². The van der Waals surface area contributed by atoms with E-state index in [0.29, 0.717) is 0 Å². The summed E-state index contributed by atoms with van der Waals surface area (Å²) in [4.78, 5) is 11.6. The monoisotopic (exact) mass is 667 g/mol. The normalized spacial score (nSPS) is 13.8. The highest BCUT2D eigenvalue weighted by Crippen LogP contribution is 2.53. The average molecular weight is 668 g/mol. The van der Waals surface area contributed by atoms with Crippen LogP contribution in [0.1, 0.15) is 25.0 Å². The molecule has 0 amide bonds. The van der Waals surface area contributed by atoms with Gasteiger partial charge in [0.15, 0.2) is 5.82 Å². The summed E-state index contributed by atoms with van der Waals surface area (Å²) < 4.78 is 3.71. The van der Waals surface area contributed by atoms with Crippen LogP contribution in [0.4, 0.5) is 0 Å². The fourth-order valence-electron chi connectivity index (χ4n) is 9.20. The maximum Gasteiger partial charge on any atom is 0.161 e. The molecule has 4 heteroatoms. The largest absolute Gasteiger partial charge is 0.308 e. The van der Waals surface area contributed by atoms with E-state index >= 15 is 0 Å². The Morgan fingerprint density at radius 2 is 1.29 bits per heavy atom. The molecule has 11 aromatic rings. The quantitative estimate of drug-likeness (QED) is 0.184. The van der Waals surface area contributed by atoms with Gasteiger partial charge < -0.3 is 4.40 Å². The molecule has 0 bridgehead atoms. The van der Waals surface area contributed by atoms with Gasteiger partial charge in [0.1, 0.15) is 4.83 Å². The first-order chi connectivity index (χ1) is 25.0. The van der Waals surface area contributed by atoms with Crippen molar-refractivity contribution in [3.05, 3.63) is 151 Å². The number of benzene rings is 7. The van der Waals surface area contributed by atoms with Crippen molar-refractivity contribution in [2.45, 2.75) is 19.3 Å². The minimum Gasteiger partial charge on any atom is -0.308 e. The smallest absolute Gasteiger partial charge is 0.161 e. The Kier molecular flexibility index (Phi) is 5.19. The number of hydrogen-bond donors (Lipinski definition) is 0. The molecule has 0 saturated carbocycles. The zero-order valence-corrected chi connectivity index (χ0v) is 28.8. The molecule has 7 aromatic carbocycles. The summed E-state index contributed by atoms with van der Waals surface area (Å²) in [5.74, 6) is 0.765. The van der Waals surface area contributed by atoms with Crippen LogP contribution in [0.2, 0.25) is 0 Å². The Labute approximate surface area is 297 Å². The lowest BCUT2D eigenvalue weighted by atomic mass is 9.82. The van der Waals surface area contributed by atoms with Crippen LogP contribution in [0.3, 0.4) is 0 Å². The number of thiophene rings is 1. The van der Waals surface area contributed by atoms with Crippen molar-refractivity contribution < 1.29 is 0 Å². The van der Waals surface area contributed by atoms with Gasteiger partial charge in [0.05, 0.1) is 22.2 Å². The Hall–Kier alpha value is -6.10. The van der Waals surface area contributed by atoms with E-state index < -0.39 is 0 Å². The molecular weight excluding hydrogens is 639 g/mol. The van der Waals surface area contributed by atoms with Crippen LogP contribution in [0.15, 0.2) is 140 Å². The second-order valence-electron chi connectivity index (χ2n) is 14.6. The van der Waals surface area contributed by atoms with Crippen molar-refractivity contribution in [1.29, 1.82) is 0 Å². The molecule has 12 rings (SSSR count). The lowest BCUT2D eigenvalue weighted by Crippen LogP contribution is -2.14. The second-order valence-corrected chi connectivity index (χ2v) is 15.6. The van der Waals surface area contributed by atoms with Crippen LogP contribution in [0, 0.1) is 0 Å². The summed E-state index contributed by atoms with van der Waals surface area (Å²) in [6.45, 7) is 4.73. The van der Waals surface area contributed by atoms with Gasteiger partial charge in [-0.25, -0.2) is 9.97 Å². The number of rotatable bonds is 2. The number of fused-ring (bicyclic) bond motifs is 14. The van der Waals surface area contributed by atoms with Gasteiger partial charge >= 0.3 is 0 Å². The third kappa shape index (κ3) is 3.52. The Morgan fingerprint density at radius 1 is 0.549 bits per heavy atom. The molecule has 3 nitrogen and oxygen atoms in total. The summed E-state index contributed by atoms with van der Waals surface area (Å²) in [6.07, 6.45) is 0. The molecule has 0 spiro atoms. The van der Waals surface area contributed by atoms with E-state index in [1.54, 1.807) is 11.3 Å². The molecule has 1 aliphatic rings. The molecule has 1 aliphatic carbocycles. The molecule has 0 aliphatic heterocycles. The number of aromatic nitrogens is 3. The van der Waals surface area contributed by atoms with E-state index in [-0.39, 0.29) is 5.41 Å². The van der Waals surface area contributed by atoms with Crippen LogP contribution < -0.4 is 0 Å². The third-order valence-electron chi connectivity index (χ3n) is 11.5. The highest BCUT2D eigenvalue weighted by molar-refractivity contribution is 7.25. The molecule has 0 radical (unpaired) electrons. The topological polar surface area (TPSA) is 30.2 Å². The lowest BCUT2D eigenvalue weighted by molar-refractivity contribution is 0.661. The first-order valence-electron chi connectivity index (χ1n) is 17.6. The van der Waals surface area contributed by atoms with Gasteiger partial charge in [0, 0.05) is 53.6 Å². The molecule has 0 fully saturated rings. The zero-order chi connectivity index (χ0) is 33.6. The van der Waals surface area contributed by atoms with Crippen LogP contribution in [-0.2, 0) is 5.41 Å². The van der Waals surface area contributed by atoms with Gasteiger partial charge in [-0.15, -0.1) is 11.3 Å². The summed E-state index contributed by atoms with van der Waals surface area (Å²) >= 11 is 1.75. The number of hydrogen-bond acceptors (Lipinski definition) is 3. The van der Waals surface area contributed by atoms with Crippen molar-refractivity contribution in [3.63, 3.8) is 0 Å². The molecule has 51 heavy (non-hydrogen) atoms. The second kappa shape index (κ2) is 9.57. The number of para-hydroxylation sites is 2. The Bertz CT molecular complexity index is 3270. The zero-order valence-electron chi connectivity index (χ0n) is 28.0.